The average molecular weight is 594 g/mol. The summed E-state index contributed by atoms with van der Waals surface area (Å²) >= 11 is 0. The van der Waals surface area contributed by atoms with Crippen LogP contribution in [0.2, 0.25) is 0 Å². The number of methoxy groups -OCH3 is 1. The Morgan fingerprint density at radius 3 is 2.44 bits per heavy atom. The fraction of sp³-hybridized carbons (Fsp3) is 0.516. The lowest BCUT2D eigenvalue weighted by atomic mass is 9.91. The smallest absolute Gasteiger partial charge is 0.407 e. The number of benzene rings is 1. The van der Waals surface area contributed by atoms with Crippen LogP contribution < -0.4 is 15.4 Å². The normalized spacial score (nSPS) is 17.2. The van der Waals surface area contributed by atoms with Crippen molar-refractivity contribution in [2.24, 2.45) is 7.05 Å². The minimum atomic E-state index is -0.547. The third-order valence-corrected chi connectivity index (χ3v) is 7.04. The Kier molecular flexibility index (Phi) is 9.90. The molecule has 2 amide bonds. The Morgan fingerprint density at radius 2 is 1.81 bits per heavy atom. The zero-order chi connectivity index (χ0) is 31.3. The Balaban J connectivity index is 1.56. The van der Waals surface area contributed by atoms with Crippen molar-refractivity contribution >= 4 is 29.0 Å². The molecule has 43 heavy (non-hydrogen) atoms. The molecule has 0 atom stereocenters. The number of ether oxygens (including phenoxy) is 3. The van der Waals surface area contributed by atoms with Crippen LogP contribution in [0.4, 0.5) is 4.79 Å². The molecule has 12 nitrogen and oxygen atoms in total. The lowest BCUT2D eigenvalue weighted by Gasteiger charge is -2.30. The summed E-state index contributed by atoms with van der Waals surface area (Å²) in [4.78, 5) is 37.0. The van der Waals surface area contributed by atoms with E-state index in [0.29, 0.717) is 28.4 Å². The fourth-order valence-electron chi connectivity index (χ4n) is 5.07. The first-order valence-corrected chi connectivity index (χ1v) is 14.5. The molecular weight excluding hydrogens is 550 g/mol. The predicted octanol–water partition coefficient (Wildman–Crippen LogP) is 4.42. The van der Waals surface area contributed by atoms with Crippen molar-refractivity contribution in [1.82, 2.24) is 35.3 Å². The van der Waals surface area contributed by atoms with E-state index in [1.54, 1.807) is 24.1 Å². The van der Waals surface area contributed by atoms with E-state index in [1.165, 1.54) is 0 Å². The highest BCUT2D eigenvalue weighted by Gasteiger charge is 2.27. The van der Waals surface area contributed by atoms with Crippen LogP contribution in [0.3, 0.4) is 0 Å². The number of nitrogens with one attached hydrogen (secondary N) is 2. The van der Waals surface area contributed by atoms with Crippen molar-refractivity contribution in [2.45, 2.75) is 71.1 Å². The number of rotatable bonds is 9. The van der Waals surface area contributed by atoms with Crippen LogP contribution >= 0.6 is 0 Å². The van der Waals surface area contributed by atoms with Gasteiger partial charge >= 0.3 is 6.09 Å². The standard InChI is InChI=1S/C31H43N7O5/c1-19-26-20(17-38(7)36-26)15-23(27(19)42-18-41-8)28-32-16-24(25(35-28)13-14-37(5)6)29(39)33-21-9-11-22(12-10-21)34-30(40)43-31(2,3)4/h13-17,21-22H,9-12,18H2,1-8H3,(H,33,39)(H,34,40)/b14-13+. The van der Waals surface area contributed by atoms with Gasteiger partial charge in [-0.2, -0.15) is 5.10 Å². The first kappa shape index (κ1) is 31.7. The number of alkyl carbamates (subject to hydrolysis) is 1. The SMILES string of the molecule is COCOc1c(-c2ncc(C(=O)NC3CCC(NC(=O)OC(C)(C)C)CC3)c(/C=C/N(C)C)n2)cc2cn(C)nc2c1C. The molecule has 2 aromatic heterocycles. The van der Waals surface area contributed by atoms with Crippen molar-refractivity contribution in [1.29, 1.82) is 0 Å². The first-order valence-electron chi connectivity index (χ1n) is 14.5. The van der Waals surface area contributed by atoms with Crippen molar-refractivity contribution in [3.05, 3.63) is 41.5 Å². The van der Waals surface area contributed by atoms with Gasteiger partial charge in [-0.15, -0.1) is 0 Å². The summed E-state index contributed by atoms with van der Waals surface area (Å²) < 4.78 is 18.3. The van der Waals surface area contributed by atoms with Gasteiger partial charge in [-0.05, 0) is 65.5 Å². The van der Waals surface area contributed by atoms with Crippen molar-refractivity contribution in [3.63, 3.8) is 0 Å². The second kappa shape index (κ2) is 13.4. The first-order chi connectivity index (χ1) is 20.3. The molecule has 1 saturated carbocycles. The Hall–Kier alpha value is -4.19. The average Bonchev–Trinajstić information content (AvgIpc) is 3.31. The number of aryl methyl sites for hydroxylation is 2. The summed E-state index contributed by atoms with van der Waals surface area (Å²) in [6.45, 7) is 7.51. The van der Waals surface area contributed by atoms with Gasteiger partial charge in [-0.3, -0.25) is 9.48 Å². The minimum Gasteiger partial charge on any atom is -0.466 e. The zero-order valence-corrected chi connectivity index (χ0v) is 26.4. The van der Waals surface area contributed by atoms with Crippen LogP contribution in [0, 0.1) is 6.92 Å². The van der Waals surface area contributed by atoms with E-state index in [0.717, 1.165) is 42.1 Å². The minimum absolute atomic E-state index is 0.0133. The third kappa shape index (κ3) is 8.22. The van der Waals surface area contributed by atoms with Crippen LogP contribution in [0.25, 0.3) is 28.4 Å². The van der Waals surface area contributed by atoms with Crippen molar-refractivity contribution in [2.75, 3.05) is 28.0 Å². The summed E-state index contributed by atoms with van der Waals surface area (Å²) in [5, 5.41) is 11.6. The largest absolute Gasteiger partial charge is 0.466 e. The van der Waals surface area contributed by atoms with E-state index in [1.807, 2.05) is 72.2 Å². The van der Waals surface area contributed by atoms with Gasteiger partial charge in [0.2, 0.25) is 0 Å². The molecule has 232 valence electrons. The highest BCUT2D eigenvalue weighted by Crippen LogP contribution is 2.37. The van der Waals surface area contributed by atoms with Gasteiger partial charge in [0, 0.05) is 69.9 Å². The summed E-state index contributed by atoms with van der Waals surface area (Å²) in [7, 11) is 7.23. The van der Waals surface area contributed by atoms with Crippen LogP contribution in [0.5, 0.6) is 5.75 Å². The lowest BCUT2D eigenvalue weighted by Crippen LogP contribution is -2.45. The number of aromatic nitrogens is 4. The molecule has 12 heteroatoms. The van der Waals surface area contributed by atoms with Crippen LogP contribution in [0.1, 0.15) is 68.1 Å². The van der Waals surface area contributed by atoms with Crippen LogP contribution in [0.15, 0.2) is 24.7 Å². The number of nitrogens with zero attached hydrogens (tertiary/aromatic N) is 5. The number of fused-ring (bicyclic) bond motifs is 1. The Labute approximate surface area is 252 Å². The molecule has 1 aliphatic carbocycles. The third-order valence-electron chi connectivity index (χ3n) is 7.04. The van der Waals surface area contributed by atoms with Gasteiger partial charge < -0.3 is 29.7 Å². The lowest BCUT2D eigenvalue weighted by molar-refractivity contribution is 0.0487. The van der Waals surface area contributed by atoms with E-state index < -0.39 is 11.7 Å². The molecule has 4 rings (SSSR count). The zero-order valence-electron chi connectivity index (χ0n) is 26.4. The number of carbonyl (C=O) groups is 2. The predicted molar refractivity (Wildman–Crippen MR) is 165 cm³/mol. The maximum Gasteiger partial charge on any atom is 0.407 e. The number of carbonyl (C=O) groups excluding carboxylic acids is 2. The van der Waals surface area contributed by atoms with Gasteiger partial charge in [0.05, 0.1) is 22.3 Å². The summed E-state index contributed by atoms with van der Waals surface area (Å²) in [6.07, 6.45) is 9.67. The monoisotopic (exact) mass is 593 g/mol. The maximum absolute atomic E-state index is 13.5. The van der Waals surface area contributed by atoms with E-state index in [9.17, 15) is 9.59 Å². The van der Waals surface area contributed by atoms with E-state index >= 15 is 0 Å². The van der Waals surface area contributed by atoms with Gasteiger partial charge in [0.1, 0.15) is 11.4 Å². The molecule has 1 fully saturated rings. The number of hydrogen-bond acceptors (Lipinski definition) is 9. The molecule has 2 heterocycles. The summed E-state index contributed by atoms with van der Waals surface area (Å²) in [6, 6.07) is 1.93. The summed E-state index contributed by atoms with van der Waals surface area (Å²) in [5.41, 5.74) is 2.65. The molecular formula is C31H43N7O5. The number of hydrogen-bond donors (Lipinski definition) is 2. The van der Waals surface area contributed by atoms with Gasteiger partial charge in [-0.25, -0.2) is 14.8 Å². The fourth-order valence-corrected chi connectivity index (χ4v) is 5.07. The molecule has 1 aliphatic rings. The molecule has 2 N–H and O–H groups in total. The second-order valence-corrected chi connectivity index (χ2v) is 12.1. The van der Waals surface area contributed by atoms with E-state index in [-0.39, 0.29) is 24.8 Å². The van der Waals surface area contributed by atoms with Crippen molar-refractivity contribution in [3.8, 4) is 17.1 Å². The molecule has 0 aliphatic heterocycles. The van der Waals surface area contributed by atoms with E-state index in [4.69, 9.17) is 19.2 Å². The molecule has 0 bridgehead atoms. The molecule has 0 spiro atoms. The van der Waals surface area contributed by atoms with Gasteiger partial charge in [0.25, 0.3) is 5.91 Å². The van der Waals surface area contributed by atoms with Crippen LogP contribution in [-0.4, -0.2) is 82.3 Å². The maximum atomic E-state index is 13.5. The van der Waals surface area contributed by atoms with Crippen LogP contribution in [-0.2, 0) is 16.5 Å². The second-order valence-electron chi connectivity index (χ2n) is 12.1. The quantitative estimate of drug-likeness (QED) is 0.346. The number of amides is 2. The van der Waals surface area contributed by atoms with E-state index in [2.05, 4.69) is 20.7 Å². The Bertz CT molecular complexity index is 1480. The molecule has 0 saturated heterocycles. The topological polar surface area (TPSA) is 133 Å². The summed E-state index contributed by atoms with van der Waals surface area (Å²) in [5.74, 6) is 0.747. The molecule has 1 aromatic carbocycles. The highest BCUT2D eigenvalue weighted by atomic mass is 16.7. The molecule has 0 unspecified atom stereocenters. The van der Waals surface area contributed by atoms with Gasteiger partial charge in [0.15, 0.2) is 12.6 Å². The van der Waals surface area contributed by atoms with Gasteiger partial charge in [-0.1, -0.05) is 0 Å². The Morgan fingerprint density at radius 1 is 1.14 bits per heavy atom. The van der Waals surface area contributed by atoms with Crippen molar-refractivity contribution < 1.29 is 23.8 Å². The molecule has 3 aromatic rings. The highest BCUT2D eigenvalue weighted by molar-refractivity contribution is 5.97. The molecule has 0 radical (unpaired) electrons.